The number of rotatable bonds is 8. The van der Waals surface area contributed by atoms with Crippen molar-refractivity contribution in [2.45, 2.75) is 46.1 Å². The Morgan fingerprint density at radius 3 is 2.81 bits per heavy atom. The molecule has 0 aliphatic heterocycles. The van der Waals surface area contributed by atoms with E-state index in [2.05, 4.69) is 23.4 Å². The van der Waals surface area contributed by atoms with Crippen molar-refractivity contribution in [2.75, 3.05) is 6.61 Å². The van der Waals surface area contributed by atoms with Crippen molar-refractivity contribution in [3.05, 3.63) is 24.0 Å². The summed E-state index contributed by atoms with van der Waals surface area (Å²) >= 11 is 0. The fraction of sp³-hybridized carbons (Fsp3) is 0.500. The first-order valence-electron chi connectivity index (χ1n) is 7.49. The predicted molar refractivity (Wildman–Crippen MR) is 81.8 cm³/mol. The molecule has 0 fully saturated rings. The molecule has 0 saturated heterocycles. The minimum absolute atomic E-state index is 0.103. The van der Waals surface area contributed by atoms with Crippen LogP contribution in [-0.4, -0.2) is 27.2 Å². The third-order valence-electron chi connectivity index (χ3n) is 3.28. The summed E-state index contributed by atoms with van der Waals surface area (Å²) in [6.07, 6.45) is 2.51. The molecule has 0 saturated carbocycles. The molecule has 0 bridgehead atoms. The van der Waals surface area contributed by atoms with Crippen molar-refractivity contribution in [2.24, 2.45) is 0 Å². The van der Waals surface area contributed by atoms with Gasteiger partial charge in [0.25, 0.3) is 0 Å². The van der Waals surface area contributed by atoms with Crippen LogP contribution in [0.1, 0.15) is 38.9 Å². The van der Waals surface area contributed by atoms with Crippen molar-refractivity contribution >= 4 is 17.0 Å². The van der Waals surface area contributed by atoms with Gasteiger partial charge in [-0.15, -0.1) is 0 Å². The van der Waals surface area contributed by atoms with E-state index in [9.17, 15) is 4.79 Å². The molecule has 0 spiro atoms. The second kappa shape index (κ2) is 7.11. The third kappa shape index (κ3) is 3.74. The third-order valence-corrected chi connectivity index (χ3v) is 3.28. The summed E-state index contributed by atoms with van der Waals surface area (Å²) in [5, 5.41) is 8.85. The molecule has 0 aliphatic carbocycles. The summed E-state index contributed by atoms with van der Waals surface area (Å²) in [7, 11) is 0. The molecule has 0 atom stereocenters. The molecule has 1 N–H and O–H groups in total. The standard InChI is InChI=1S/C16H22N2O3/c1-3-9-18-14-6-5-12(21-10-4-2)11-13(14)17-15(18)7-8-16(19)20/h5-6,11H,3-4,7-10H2,1-2H3,(H,19,20). The minimum Gasteiger partial charge on any atom is -0.494 e. The molecule has 21 heavy (non-hydrogen) atoms. The molecule has 2 rings (SSSR count). The number of imidazole rings is 1. The Hall–Kier alpha value is -2.04. The molecule has 0 radical (unpaired) electrons. The van der Waals surface area contributed by atoms with Gasteiger partial charge in [-0.1, -0.05) is 13.8 Å². The monoisotopic (exact) mass is 290 g/mol. The van der Waals surface area contributed by atoms with Crippen LogP contribution < -0.4 is 4.74 Å². The van der Waals surface area contributed by atoms with Crippen LogP contribution in [0, 0.1) is 0 Å². The van der Waals surface area contributed by atoms with Crippen LogP contribution >= 0.6 is 0 Å². The topological polar surface area (TPSA) is 64.3 Å². The highest BCUT2D eigenvalue weighted by Gasteiger charge is 2.12. The Balaban J connectivity index is 2.33. The van der Waals surface area contributed by atoms with Gasteiger partial charge in [0, 0.05) is 19.0 Å². The van der Waals surface area contributed by atoms with Crippen molar-refractivity contribution in [1.29, 1.82) is 0 Å². The zero-order valence-corrected chi connectivity index (χ0v) is 12.6. The molecule has 1 heterocycles. The van der Waals surface area contributed by atoms with E-state index < -0.39 is 5.97 Å². The largest absolute Gasteiger partial charge is 0.494 e. The summed E-state index contributed by atoms with van der Waals surface area (Å²) < 4.78 is 7.74. The lowest BCUT2D eigenvalue weighted by Gasteiger charge is -2.07. The van der Waals surface area contributed by atoms with E-state index in [1.165, 1.54) is 0 Å². The quantitative estimate of drug-likeness (QED) is 0.810. The number of hydrogen-bond donors (Lipinski definition) is 1. The smallest absolute Gasteiger partial charge is 0.303 e. The number of ether oxygens (including phenoxy) is 1. The molecule has 5 nitrogen and oxygen atoms in total. The summed E-state index contributed by atoms with van der Waals surface area (Å²) in [4.78, 5) is 15.4. The zero-order chi connectivity index (χ0) is 15.2. The van der Waals surface area contributed by atoms with Gasteiger partial charge in [0.2, 0.25) is 0 Å². The highest BCUT2D eigenvalue weighted by atomic mass is 16.5. The van der Waals surface area contributed by atoms with Crippen molar-refractivity contribution in [3.8, 4) is 5.75 Å². The number of carbonyl (C=O) groups is 1. The average Bonchev–Trinajstić information content (AvgIpc) is 2.80. The molecule has 5 heteroatoms. The van der Waals surface area contributed by atoms with Crippen LogP contribution in [0.4, 0.5) is 0 Å². The Kier molecular flexibility index (Phi) is 5.20. The predicted octanol–water partition coefficient (Wildman–Crippen LogP) is 3.25. The molecule has 1 aromatic carbocycles. The van der Waals surface area contributed by atoms with E-state index in [-0.39, 0.29) is 6.42 Å². The maximum atomic E-state index is 10.8. The van der Waals surface area contributed by atoms with Gasteiger partial charge in [-0.2, -0.15) is 0 Å². The molecule has 1 aromatic heterocycles. The summed E-state index contributed by atoms with van der Waals surface area (Å²) in [5.41, 5.74) is 1.92. The highest BCUT2D eigenvalue weighted by molar-refractivity contribution is 5.78. The van der Waals surface area contributed by atoms with E-state index in [1.54, 1.807) is 0 Å². The Morgan fingerprint density at radius 2 is 2.14 bits per heavy atom. The first-order chi connectivity index (χ1) is 10.2. The van der Waals surface area contributed by atoms with Crippen molar-refractivity contribution in [3.63, 3.8) is 0 Å². The van der Waals surface area contributed by atoms with Gasteiger partial charge >= 0.3 is 5.97 Å². The fourth-order valence-electron chi connectivity index (χ4n) is 2.35. The fourth-order valence-corrected chi connectivity index (χ4v) is 2.35. The second-order valence-electron chi connectivity index (χ2n) is 5.07. The van der Waals surface area contributed by atoms with Gasteiger partial charge in [0.15, 0.2) is 0 Å². The highest BCUT2D eigenvalue weighted by Crippen LogP contribution is 2.23. The summed E-state index contributed by atoms with van der Waals surface area (Å²) in [5.74, 6) is 0.856. The first-order valence-corrected chi connectivity index (χ1v) is 7.49. The minimum atomic E-state index is -0.794. The Labute approximate surface area is 124 Å². The van der Waals surface area contributed by atoms with E-state index in [0.29, 0.717) is 13.0 Å². The number of aromatic nitrogens is 2. The van der Waals surface area contributed by atoms with Gasteiger partial charge in [-0.3, -0.25) is 4.79 Å². The van der Waals surface area contributed by atoms with Gasteiger partial charge < -0.3 is 14.4 Å². The number of fused-ring (bicyclic) bond motifs is 1. The van der Waals surface area contributed by atoms with E-state index in [4.69, 9.17) is 9.84 Å². The molecule has 2 aromatic rings. The van der Waals surface area contributed by atoms with Gasteiger partial charge in [-0.25, -0.2) is 4.98 Å². The van der Waals surface area contributed by atoms with Crippen molar-refractivity contribution < 1.29 is 14.6 Å². The van der Waals surface area contributed by atoms with E-state index >= 15 is 0 Å². The lowest BCUT2D eigenvalue weighted by atomic mass is 10.3. The number of hydrogen-bond acceptors (Lipinski definition) is 3. The molecule has 114 valence electrons. The maximum absolute atomic E-state index is 10.8. The average molecular weight is 290 g/mol. The van der Waals surface area contributed by atoms with Gasteiger partial charge in [0.1, 0.15) is 11.6 Å². The number of carboxylic acid groups (broad SMARTS) is 1. The lowest BCUT2D eigenvalue weighted by Crippen LogP contribution is -2.06. The van der Waals surface area contributed by atoms with Crippen molar-refractivity contribution in [1.82, 2.24) is 9.55 Å². The van der Waals surface area contributed by atoms with Crippen LogP contribution in [-0.2, 0) is 17.8 Å². The van der Waals surface area contributed by atoms with Gasteiger partial charge in [0.05, 0.1) is 24.1 Å². The van der Waals surface area contributed by atoms with E-state index in [0.717, 1.165) is 42.0 Å². The Bertz CT molecular complexity index is 619. The van der Waals surface area contributed by atoms with Gasteiger partial charge in [-0.05, 0) is 25.0 Å². The Morgan fingerprint density at radius 1 is 1.33 bits per heavy atom. The first kappa shape index (κ1) is 15.4. The summed E-state index contributed by atoms with van der Waals surface area (Å²) in [6, 6.07) is 5.89. The zero-order valence-electron chi connectivity index (χ0n) is 12.6. The van der Waals surface area contributed by atoms with Crippen LogP contribution in [0.25, 0.3) is 11.0 Å². The lowest BCUT2D eigenvalue weighted by molar-refractivity contribution is -0.137. The number of carboxylic acids is 1. The SMILES string of the molecule is CCCOc1ccc2c(c1)nc(CCC(=O)O)n2CCC. The van der Waals surface area contributed by atoms with E-state index in [1.807, 2.05) is 18.2 Å². The van der Waals surface area contributed by atoms with Crippen LogP contribution in [0.2, 0.25) is 0 Å². The van der Waals surface area contributed by atoms with Crippen LogP contribution in [0.5, 0.6) is 5.75 Å². The molecular weight excluding hydrogens is 268 g/mol. The van der Waals surface area contributed by atoms with Crippen LogP contribution in [0.3, 0.4) is 0 Å². The second-order valence-corrected chi connectivity index (χ2v) is 5.07. The maximum Gasteiger partial charge on any atom is 0.303 e. The molecule has 0 aliphatic rings. The molecule has 0 amide bonds. The number of aryl methyl sites for hydroxylation is 2. The summed E-state index contributed by atoms with van der Waals surface area (Å²) in [6.45, 7) is 5.71. The van der Waals surface area contributed by atoms with Crippen LogP contribution in [0.15, 0.2) is 18.2 Å². The molecular formula is C16H22N2O3. The molecule has 0 unspecified atom stereocenters. The number of aliphatic carboxylic acids is 1. The number of nitrogens with zero attached hydrogens (tertiary/aromatic N) is 2. The number of benzene rings is 1. The normalized spacial score (nSPS) is 11.0.